The number of rotatable bonds is 5. The van der Waals surface area contributed by atoms with Crippen molar-refractivity contribution in [3.8, 4) is 0 Å². The molecule has 32 heavy (non-hydrogen) atoms. The maximum Gasteiger partial charge on any atom is 0.407 e. The third kappa shape index (κ3) is 4.76. The highest BCUT2D eigenvalue weighted by molar-refractivity contribution is 6.04. The highest BCUT2D eigenvalue weighted by Gasteiger charge is 2.29. The number of benzene rings is 1. The second-order valence-electron chi connectivity index (χ2n) is 9.22. The van der Waals surface area contributed by atoms with Gasteiger partial charge in [0.2, 0.25) is 5.91 Å². The molecule has 2 aliphatic heterocycles. The average Bonchev–Trinajstić information content (AvgIpc) is 3.13. The fraction of sp³-hybridized carbons (Fsp3) is 0.478. The molecule has 9 nitrogen and oxygen atoms in total. The molecule has 1 aromatic heterocycles. The second kappa shape index (κ2) is 8.64. The van der Waals surface area contributed by atoms with Gasteiger partial charge in [0.05, 0.1) is 6.04 Å². The number of amides is 2. The van der Waals surface area contributed by atoms with Crippen LogP contribution in [0.1, 0.15) is 33.6 Å². The number of ether oxygens (including phenoxy) is 1. The number of anilines is 3. The molecule has 0 bridgehead atoms. The predicted octanol–water partition coefficient (Wildman–Crippen LogP) is 3.07. The normalized spacial score (nSPS) is 18.3. The average molecular weight is 439 g/mol. The predicted molar refractivity (Wildman–Crippen MR) is 125 cm³/mol. The molecule has 0 spiro atoms. The van der Waals surface area contributed by atoms with E-state index < -0.39 is 11.7 Å². The molecule has 3 heterocycles. The van der Waals surface area contributed by atoms with Crippen LogP contribution < -0.4 is 20.4 Å². The van der Waals surface area contributed by atoms with E-state index in [4.69, 9.17) is 4.74 Å². The van der Waals surface area contributed by atoms with Crippen LogP contribution in [0.3, 0.4) is 0 Å². The highest BCUT2D eigenvalue weighted by atomic mass is 16.6. The molecule has 1 atom stereocenters. The number of alkyl carbamates (subject to hydrolysis) is 1. The van der Waals surface area contributed by atoms with Gasteiger partial charge in [-0.3, -0.25) is 4.79 Å². The Morgan fingerprint density at radius 3 is 2.47 bits per heavy atom. The molecule has 2 saturated heterocycles. The molecule has 0 aliphatic carbocycles. The maximum atomic E-state index is 12.2. The molecule has 2 aliphatic rings. The number of nitrogens with one attached hydrogen (secondary N) is 2. The van der Waals surface area contributed by atoms with Gasteiger partial charge >= 0.3 is 6.09 Å². The zero-order chi connectivity index (χ0) is 22.9. The Balaban J connectivity index is 1.58. The van der Waals surface area contributed by atoms with Crippen LogP contribution in [0.2, 0.25) is 0 Å². The molecule has 9 heteroatoms. The lowest BCUT2D eigenvalue weighted by molar-refractivity contribution is -0.111. The summed E-state index contributed by atoms with van der Waals surface area (Å²) in [6.07, 6.45) is 2.76. The number of nitrogens with zero attached hydrogens (tertiary/aromatic N) is 4. The minimum Gasteiger partial charge on any atom is -0.444 e. The molecule has 170 valence electrons. The zero-order valence-corrected chi connectivity index (χ0v) is 18.9. The van der Waals surface area contributed by atoms with Crippen molar-refractivity contribution in [3.05, 3.63) is 30.9 Å². The number of hydrogen-bond acceptors (Lipinski definition) is 7. The van der Waals surface area contributed by atoms with Gasteiger partial charge in [-0.05, 0) is 57.9 Å². The molecule has 2 N–H and O–H groups in total. The van der Waals surface area contributed by atoms with Gasteiger partial charge in [0.1, 0.15) is 5.60 Å². The monoisotopic (exact) mass is 438 g/mol. The molecular formula is C23H30N6O3. The summed E-state index contributed by atoms with van der Waals surface area (Å²) in [6, 6.07) is 5.75. The lowest BCUT2D eigenvalue weighted by Crippen LogP contribution is -2.40. The van der Waals surface area contributed by atoms with Crippen molar-refractivity contribution in [3.63, 3.8) is 0 Å². The number of carbonyl (C=O) groups excluding carboxylic acids is 2. The topological polar surface area (TPSA) is 99.7 Å². The minimum absolute atomic E-state index is 0.0251. The molecule has 2 amide bonds. The third-order valence-corrected chi connectivity index (χ3v) is 5.56. The molecular weight excluding hydrogens is 408 g/mol. The maximum absolute atomic E-state index is 12.2. The highest BCUT2D eigenvalue weighted by Crippen LogP contribution is 2.35. The van der Waals surface area contributed by atoms with Gasteiger partial charge in [-0.25, -0.2) is 4.79 Å². The zero-order valence-electron chi connectivity index (χ0n) is 18.9. The number of carbonyl (C=O) groups is 2. The number of aromatic nitrogens is 2. The van der Waals surface area contributed by atoms with E-state index in [9.17, 15) is 9.59 Å². The summed E-state index contributed by atoms with van der Waals surface area (Å²) in [7, 11) is 0. The van der Waals surface area contributed by atoms with Crippen LogP contribution in [0.4, 0.5) is 22.1 Å². The summed E-state index contributed by atoms with van der Waals surface area (Å²) >= 11 is 0. The Morgan fingerprint density at radius 2 is 1.84 bits per heavy atom. The van der Waals surface area contributed by atoms with E-state index in [2.05, 4.69) is 37.2 Å². The molecule has 2 fully saturated rings. The number of fused-ring (bicyclic) bond motifs is 1. The Labute approximate surface area is 187 Å². The minimum atomic E-state index is -0.532. The van der Waals surface area contributed by atoms with Gasteiger partial charge in [-0.15, -0.1) is 10.2 Å². The Kier molecular flexibility index (Phi) is 5.90. The Hall–Kier alpha value is -3.36. The molecule has 0 saturated carbocycles. The van der Waals surface area contributed by atoms with E-state index in [1.54, 1.807) is 0 Å². The second-order valence-corrected chi connectivity index (χ2v) is 9.22. The lowest BCUT2D eigenvalue weighted by Gasteiger charge is -2.33. The first-order valence-electron chi connectivity index (χ1n) is 11.0. The van der Waals surface area contributed by atoms with Gasteiger partial charge in [0.25, 0.3) is 0 Å². The molecule has 1 unspecified atom stereocenters. The van der Waals surface area contributed by atoms with Crippen molar-refractivity contribution in [2.75, 3.05) is 41.3 Å². The van der Waals surface area contributed by atoms with Crippen LogP contribution >= 0.6 is 0 Å². The Bertz CT molecular complexity index is 1040. The molecule has 2 aromatic rings. The van der Waals surface area contributed by atoms with Crippen LogP contribution in [-0.4, -0.2) is 60.0 Å². The van der Waals surface area contributed by atoms with Crippen LogP contribution in [0, 0.1) is 0 Å². The van der Waals surface area contributed by atoms with Gasteiger partial charge < -0.3 is 25.2 Å². The van der Waals surface area contributed by atoms with E-state index >= 15 is 0 Å². The molecule has 4 rings (SSSR count). The first-order chi connectivity index (χ1) is 15.2. The summed E-state index contributed by atoms with van der Waals surface area (Å²) < 4.78 is 5.38. The Morgan fingerprint density at radius 1 is 1.12 bits per heavy atom. The van der Waals surface area contributed by atoms with Gasteiger partial charge in [-0.2, -0.15) is 0 Å². The summed E-state index contributed by atoms with van der Waals surface area (Å²) in [4.78, 5) is 28.3. The fourth-order valence-corrected chi connectivity index (χ4v) is 3.94. The van der Waals surface area contributed by atoms with Gasteiger partial charge in [-0.1, -0.05) is 6.58 Å². The quantitative estimate of drug-likeness (QED) is 0.692. The van der Waals surface area contributed by atoms with Crippen LogP contribution in [0.5, 0.6) is 0 Å². The number of hydrogen-bond donors (Lipinski definition) is 2. The van der Waals surface area contributed by atoms with E-state index in [1.807, 2.05) is 39.0 Å². The van der Waals surface area contributed by atoms with Gasteiger partial charge in [0.15, 0.2) is 11.6 Å². The van der Waals surface area contributed by atoms with Crippen molar-refractivity contribution in [1.82, 2.24) is 15.5 Å². The molecule has 1 aromatic carbocycles. The van der Waals surface area contributed by atoms with E-state index in [1.165, 1.54) is 6.08 Å². The van der Waals surface area contributed by atoms with Crippen molar-refractivity contribution >= 4 is 40.1 Å². The smallest absolute Gasteiger partial charge is 0.407 e. The van der Waals surface area contributed by atoms with E-state index in [0.29, 0.717) is 12.2 Å². The summed E-state index contributed by atoms with van der Waals surface area (Å²) in [5, 5.41) is 16.8. The largest absolute Gasteiger partial charge is 0.444 e. The summed E-state index contributed by atoms with van der Waals surface area (Å²) in [5.41, 5.74) is 0.157. The van der Waals surface area contributed by atoms with Crippen molar-refractivity contribution in [1.29, 1.82) is 0 Å². The van der Waals surface area contributed by atoms with E-state index in [0.717, 1.165) is 54.9 Å². The van der Waals surface area contributed by atoms with Crippen molar-refractivity contribution in [2.45, 2.75) is 45.3 Å². The van der Waals surface area contributed by atoms with Crippen LogP contribution in [-0.2, 0) is 9.53 Å². The third-order valence-electron chi connectivity index (χ3n) is 5.56. The van der Waals surface area contributed by atoms with Crippen LogP contribution in [0.15, 0.2) is 30.9 Å². The fourth-order valence-electron chi connectivity index (χ4n) is 3.94. The first-order valence-corrected chi connectivity index (χ1v) is 11.0. The summed E-state index contributed by atoms with van der Waals surface area (Å²) in [6.45, 7) is 12.3. The lowest BCUT2D eigenvalue weighted by atomic mass is 10.1. The molecule has 0 radical (unpaired) electrons. The van der Waals surface area contributed by atoms with Gasteiger partial charge in [0, 0.05) is 42.6 Å². The first kappa shape index (κ1) is 21.9. The standard InChI is InChI=1S/C23H30N6O3/c1-5-19(30)24-15-7-8-17-18(13-15)21(28-10-6-11-28)27-26-20(17)29-12-9-16(14-29)25-22(31)32-23(2,3)4/h5,7-8,13,16H,1,6,9-12,14H2,2-4H3,(H,24,30)(H,25,31). The van der Waals surface area contributed by atoms with Crippen molar-refractivity contribution in [2.24, 2.45) is 0 Å². The van der Waals surface area contributed by atoms with Crippen LogP contribution in [0.25, 0.3) is 10.8 Å². The summed E-state index contributed by atoms with van der Waals surface area (Å²) in [5.74, 6) is 1.35. The SMILES string of the molecule is C=CC(=O)Nc1ccc2c(N3CCC(NC(=O)OC(C)(C)C)C3)nnc(N3CCC3)c2c1. The van der Waals surface area contributed by atoms with Crippen molar-refractivity contribution < 1.29 is 14.3 Å². The van der Waals surface area contributed by atoms with E-state index in [-0.39, 0.29) is 11.9 Å².